The number of aromatic nitrogens is 1. The number of aryl methyl sites for hydroxylation is 1. The number of thioether (sulfide) groups is 1. The van der Waals surface area contributed by atoms with E-state index in [1.807, 2.05) is 35.2 Å². The molecule has 4 fully saturated rings. The van der Waals surface area contributed by atoms with E-state index in [1.165, 1.54) is 34.6 Å². The molecule has 276 valence electrons. The SMILES string of the molecule is CC(=O)NC[C@H]1CN(c2ccc(N3CCOCC3)c(F)c2)C(=O)O1.Cc1onc(-c2ccccc2)c1C(=O)N[C@@H]1C(=O)N2[C@@H]1SC(C)(C)[C@@H]2C(=O)O. The number of aliphatic carboxylic acids is 1. The molecule has 17 heteroatoms. The Hall–Kier alpha value is -5.16. The Bertz CT molecular complexity index is 1870. The maximum Gasteiger partial charge on any atom is 0.414 e. The van der Waals surface area contributed by atoms with Crippen LogP contribution >= 0.6 is 11.8 Å². The van der Waals surface area contributed by atoms with Crippen LogP contribution in [0.4, 0.5) is 20.6 Å². The molecule has 15 nitrogen and oxygen atoms in total. The van der Waals surface area contributed by atoms with Gasteiger partial charge in [0.15, 0.2) is 0 Å². The molecule has 0 aliphatic carbocycles. The highest BCUT2D eigenvalue weighted by Gasteiger charge is 2.64. The lowest BCUT2D eigenvalue weighted by molar-refractivity contribution is -0.159. The summed E-state index contributed by atoms with van der Waals surface area (Å²) < 4.78 is 29.5. The number of hydrogen-bond acceptors (Lipinski definition) is 11. The first-order chi connectivity index (χ1) is 24.8. The number of carbonyl (C=O) groups excluding carboxylic acids is 4. The quantitative estimate of drug-likeness (QED) is 0.288. The zero-order valence-electron chi connectivity index (χ0n) is 29.0. The average molecular weight is 739 g/mol. The third-order valence-electron chi connectivity index (χ3n) is 9.15. The number of rotatable bonds is 8. The van der Waals surface area contributed by atoms with E-state index in [0.29, 0.717) is 49.1 Å². The Balaban J connectivity index is 0.000000181. The maximum atomic E-state index is 14.4. The Kier molecular flexibility index (Phi) is 10.4. The molecule has 0 saturated carbocycles. The van der Waals surface area contributed by atoms with Crippen LogP contribution in [0.5, 0.6) is 0 Å². The fraction of sp³-hybridized carbons (Fsp3) is 0.429. The summed E-state index contributed by atoms with van der Waals surface area (Å²) in [5.74, 6) is -2.12. The lowest BCUT2D eigenvalue weighted by atomic mass is 9.95. The van der Waals surface area contributed by atoms with Gasteiger partial charge in [0.05, 0.1) is 37.7 Å². The van der Waals surface area contributed by atoms with Crippen molar-refractivity contribution in [3.8, 4) is 11.3 Å². The van der Waals surface area contributed by atoms with Gasteiger partial charge in [-0.3, -0.25) is 19.3 Å². The van der Waals surface area contributed by atoms with Crippen molar-refractivity contribution in [1.29, 1.82) is 0 Å². The molecule has 4 saturated heterocycles. The number of nitrogens with one attached hydrogen (secondary N) is 2. The third kappa shape index (κ3) is 7.27. The first kappa shape index (κ1) is 36.6. The number of nitrogens with zero attached hydrogens (tertiary/aromatic N) is 4. The van der Waals surface area contributed by atoms with Crippen LogP contribution in [0.15, 0.2) is 53.1 Å². The number of anilines is 2. The zero-order chi connectivity index (χ0) is 37.3. The van der Waals surface area contributed by atoms with Gasteiger partial charge < -0.3 is 39.5 Å². The molecule has 52 heavy (non-hydrogen) atoms. The van der Waals surface area contributed by atoms with Gasteiger partial charge >= 0.3 is 12.1 Å². The second-order valence-corrected chi connectivity index (χ2v) is 14.9. The average Bonchev–Trinajstić information content (AvgIpc) is 3.77. The molecule has 7 rings (SSSR count). The maximum absolute atomic E-state index is 14.4. The third-order valence-corrected chi connectivity index (χ3v) is 10.7. The van der Waals surface area contributed by atoms with Gasteiger partial charge in [-0.05, 0) is 39.0 Å². The summed E-state index contributed by atoms with van der Waals surface area (Å²) in [6.07, 6.45) is -0.979. The van der Waals surface area contributed by atoms with Crippen LogP contribution in [-0.2, 0) is 23.9 Å². The van der Waals surface area contributed by atoms with E-state index in [2.05, 4.69) is 15.8 Å². The van der Waals surface area contributed by atoms with Gasteiger partial charge in [0.2, 0.25) is 11.8 Å². The second-order valence-electron chi connectivity index (χ2n) is 13.2. The molecule has 2 aromatic carbocycles. The predicted molar refractivity (Wildman–Crippen MR) is 187 cm³/mol. The molecule has 3 N–H and O–H groups in total. The van der Waals surface area contributed by atoms with Crippen LogP contribution in [0.2, 0.25) is 0 Å². The van der Waals surface area contributed by atoms with E-state index in [0.717, 1.165) is 5.56 Å². The number of morpholine rings is 1. The molecule has 4 amide bonds. The molecule has 0 bridgehead atoms. The summed E-state index contributed by atoms with van der Waals surface area (Å²) in [6.45, 7) is 9.56. The first-order valence-electron chi connectivity index (χ1n) is 16.7. The van der Waals surface area contributed by atoms with Crippen LogP contribution in [0.25, 0.3) is 11.3 Å². The highest BCUT2D eigenvalue weighted by Crippen LogP contribution is 2.50. The molecule has 4 aliphatic heterocycles. The Labute approximate surface area is 302 Å². The number of benzene rings is 2. The summed E-state index contributed by atoms with van der Waals surface area (Å²) >= 11 is 1.38. The number of carboxylic acids is 1. The minimum Gasteiger partial charge on any atom is -0.480 e. The van der Waals surface area contributed by atoms with Crippen LogP contribution in [0, 0.1) is 12.7 Å². The summed E-state index contributed by atoms with van der Waals surface area (Å²) in [5.41, 5.74) is 2.36. The van der Waals surface area contributed by atoms with Crippen molar-refractivity contribution in [3.05, 3.63) is 65.7 Å². The lowest BCUT2D eigenvalue weighted by Gasteiger charge is -2.43. The van der Waals surface area contributed by atoms with Crippen molar-refractivity contribution in [3.63, 3.8) is 0 Å². The van der Waals surface area contributed by atoms with E-state index >= 15 is 0 Å². The fourth-order valence-electron chi connectivity index (χ4n) is 6.61. The zero-order valence-corrected chi connectivity index (χ0v) is 29.8. The summed E-state index contributed by atoms with van der Waals surface area (Å²) in [4.78, 5) is 64.7. The highest BCUT2D eigenvalue weighted by atomic mass is 32.2. The summed E-state index contributed by atoms with van der Waals surface area (Å²) in [7, 11) is 0. The lowest BCUT2D eigenvalue weighted by Crippen LogP contribution is -2.70. The minimum absolute atomic E-state index is 0.189. The predicted octanol–water partition coefficient (Wildman–Crippen LogP) is 3.02. The van der Waals surface area contributed by atoms with Gasteiger partial charge in [-0.15, -0.1) is 11.8 Å². The number of cyclic esters (lactones) is 1. The molecular weight excluding hydrogens is 699 g/mol. The van der Waals surface area contributed by atoms with Gasteiger partial charge in [-0.1, -0.05) is 35.5 Å². The van der Waals surface area contributed by atoms with Crippen molar-refractivity contribution in [1.82, 2.24) is 20.7 Å². The molecule has 4 aliphatic rings. The Morgan fingerprint density at radius 3 is 2.46 bits per heavy atom. The minimum atomic E-state index is -1.04. The number of hydrogen-bond donors (Lipinski definition) is 3. The number of carbonyl (C=O) groups is 5. The van der Waals surface area contributed by atoms with Crippen molar-refractivity contribution in [2.45, 2.75) is 56.0 Å². The smallest absolute Gasteiger partial charge is 0.414 e. The van der Waals surface area contributed by atoms with Gasteiger partial charge in [-0.2, -0.15) is 0 Å². The Morgan fingerprint density at radius 2 is 1.81 bits per heavy atom. The molecule has 0 spiro atoms. The van der Waals surface area contributed by atoms with E-state index in [4.69, 9.17) is 14.0 Å². The number of ether oxygens (including phenoxy) is 2. The van der Waals surface area contributed by atoms with Crippen molar-refractivity contribution < 1.29 is 47.5 Å². The van der Waals surface area contributed by atoms with E-state index in [9.17, 15) is 33.5 Å². The highest BCUT2D eigenvalue weighted by molar-refractivity contribution is 8.01. The summed E-state index contributed by atoms with van der Waals surface area (Å²) in [5, 5.41) is 18.4. The number of amides is 4. The Morgan fingerprint density at radius 1 is 1.10 bits per heavy atom. The number of halogens is 1. The molecular formula is C35H39FN6O9S. The number of carboxylic acid groups (broad SMARTS) is 1. The van der Waals surface area contributed by atoms with Gasteiger partial charge in [0.1, 0.15) is 46.4 Å². The molecule has 4 atom stereocenters. The van der Waals surface area contributed by atoms with E-state index in [-0.39, 0.29) is 36.3 Å². The largest absolute Gasteiger partial charge is 0.480 e. The monoisotopic (exact) mass is 738 g/mol. The topological polar surface area (TPSA) is 184 Å². The number of β-lactam (4-membered cyclic amide) rings is 1. The van der Waals surface area contributed by atoms with Gasteiger partial charge in [0.25, 0.3) is 5.91 Å². The fourth-order valence-corrected chi connectivity index (χ4v) is 8.24. The van der Waals surface area contributed by atoms with Crippen LogP contribution in [0.3, 0.4) is 0 Å². The standard InChI is InChI=1S/C19H19N3O5S.C16H20FN3O4/c1-9-11(12(21-27-9)10-7-5-4-6-8-10)15(23)20-13-16(24)22-14(18(25)26)19(2,3)28-17(13)22;1-11(21)18-9-13-10-20(16(22)24-13)12-2-3-15(14(17)8-12)19-4-6-23-7-5-19/h4-8,13-14,17H,1-3H3,(H,20,23)(H,25,26);2-3,8,13H,4-7,9-10H2,1H3,(H,18,21)/t13-,14+,17-;13-/m10/s1. The van der Waals surface area contributed by atoms with E-state index in [1.54, 1.807) is 32.9 Å². The molecule has 0 radical (unpaired) electrons. The molecule has 5 heterocycles. The molecule has 0 unspecified atom stereocenters. The van der Waals surface area contributed by atoms with Crippen molar-refractivity contribution in [2.24, 2.45) is 0 Å². The van der Waals surface area contributed by atoms with Crippen LogP contribution < -0.4 is 20.4 Å². The number of fused-ring (bicyclic) bond motifs is 1. The van der Waals surface area contributed by atoms with Gasteiger partial charge in [0, 0.05) is 30.3 Å². The normalized spacial score (nSPS) is 23.2. The molecule has 1 aromatic heterocycles. The second kappa shape index (κ2) is 14.8. The summed E-state index contributed by atoms with van der Waals surface area (Å²) in [6, 6.07) is 12.2. The van der Waals surface area contributed by atoms with Gasteiger partial charge in [-0.25, -0.2) is 14.0 Å². The van der Waals surface area contributed by atoms with Crippen molar-refractivity contribution in [2.75, 3.05) is 49.2 Å². The van der Waals surface area contributed by atoms with Crippen LogP contribution in [-0.4, -0.2) is 113 Å². The van der Waals surface area contributed by atoms with E-state index < -0.39 is 46.3 Å². The van der Waals surface area contributed by atoms with Crippen LogP contribution in [0.1, 0.15) is 36.9 Å². The first-order valence-corrected chi connectivity index (χ1v) is 17.5. The molecule has 3 aromatic rings. The van der Waals surface area contributed by atoms with Crippen molar-refractivity contribution >= 4 is 52.9 Å².